The van der Waals surface area contributed by atoms with Gasteiger partial charge in [-0.15, -0.1) is 0 Å². The summed E-state index contributed by atoms with van der Waals surface area (Å²) in [4.78, 5) is 14.7. The van der Waals surface area contributed by atoms with Crippen molar-refractivity contribution >= 4 is 33.2 Å². The van der Waals surface area contributed by atoms with Gasteiger partial charge in [-0.1, -0.05) is 35.0 Å². The van der Waals surface area contributed by atoms with Gasteiger partial charge in [0.15, 0.2) is 0 Å². The van der Waals surface area contributed by atoms with Crippen LogP contribution in [0.15, 0.2) is 46.9 Å². The molecule has 0 atom stereocenters. The van der Waals surface area contributed by atoms with Gasteiger partial charge in [0.25, 0.3) is 5.91 Å². The summed E-state index contributed by atoms with van der Waals surface area (Å²) in [5.41, 5.74) is 8.99. The minimum atomic E-state index is 0.00116. The molecule has 0 spiro atoms. The fourth-order valence-electron chi connectivity index (χ4n) is 2.25. The molecular formula is C17H19BrN2O. The van der Waals surface area contributed by atoms with Gasteiger partial charge in [0.05, 0.1) is 0 Å². The van der Waals surface area contributed by atoms with Crippen LogP contribution in [-0.4, -0.2) is 12.5 Å². The Labute approximate surface area is 133 Å². The van der Waals surface area contributed by atoms with Crippen molar-refractivity contribution < 1.29 is 4.79 Å². The summed E-state index contributed by atoms with van der Waals surface area (Å²) >= 11 is 3.48. The molecule has 0 unspecified atom stereocenters. The van der Waals surface area contributed by atoms with E-state index in [-0.39, 0.29) is 5.91 Å². The summed E-state index contributed by atoms with van der Waals surface area (Å²) < 4.78 is 0.942. The highest BCUT2D eigenvalue weighted by molar-refractivity contribution is 9.10. The number of hydrogen-bond donors (Lipinski definition) is 1. The molecule has 0 aromatic heterocycles. The zero-order chi connectivity index (χ0) is 15.4. The third-order valence-corrected chi connectivity index (χ3v) is 4.23. The maximum absolute atomic E-state index is 12.9. The van der Waals surface area contributed by atoms with Gasteiger partial charge in [-0.2, -0.15) is 0 Å². The highest BCUT2D eigenvalue weighted by Crippen LogP contribution is 2.24. The van der Waals surface area contributed by atoms with Crippen molar-refractivity contribution in [2.24, 2.45) is 0 Å². The van der Waals surface area contributed by atoms with Crippen molar-refractivity contribution in [3.05, 3.63) is 58.1 Å². The van der Waals surface area contributed by atoms with Gasteiger partial charge in [0.2, 0.25) is 0 Å². The minimum absolute atomic E-state index is 0.00116. The van der Waals surface area contributed by atoms with Crippen molar-refractivity contribution in [2.45, 2.75) is 20.3 Å². The highest BCUT2D eigenvalue weighted by atomic mass is 79.9. The van der Waals surface area contributed by atoms with Crippen LogP contribution >= 0.6 is 15.9 Å². The Bertz CT molecular complexity index is 655. The first-order valence-corrected chi connectivity index (χ1v) is 7.76. The van der Waals surface area contributed by atoms with E-state index in [1.54, 1.807) is 4.90 Å². The van der Waals surface area contributed by atoms with Crippen LogP contribution in [0.1, 0.15) is 29.3 Å². The Hall–Kier alpha value is -1.81. The Morgan fingerprint density at radius 3 is 2.62 bits per heavy atom. The van der Waals surface area contributed by atoms with E-state index in [0.717, 1.165) is 22.1 Å². The summed E-state index contributed by atoms with van der Waals surface area (Å²) in [6.45, 7) is 4.66. The molecular weight excluding hydrogens is 328 g/mol. The van der Waals surface area contributed by atoms with Gasteiger partial charge in [-0.3, -0.25) is 4.79 Å². The second-order valence-electron chi connectivity index (χ2n) is 4.96. The number of nitrogens with zero attached hydrogens (tertiary/aromatic N) is 1. The SMILES string of the molecule is CCCN(C(=O)c1cccc(Br)c1C)c1cccc(N)c1. The van der Waals surface area contributed by atoms with Crippen LogP contribution in [0, 0.1) is 6.92 Å². The number of benzene rings is 2. The van der Waals surface area contributed by atoms with Crippen molar-refractivity contribution in [2.75, 3.05) is 17.2 Å². The molecule has 0 aliphatic heterocycles. The van der Waals surface area contributed by atoms with Crippen molar-refractivity contribution in [3.63, 3.8) is 0 Å². The van der Waals surface area contributed by atoms with Crippen LogP contribution in [-0.2, 0) is 0 Å². The Morgan fingerprint density at radius 2 is 1.95 bits per heavy atom. The summed E-state index contributed by atoms with van der Waals surface area (Å²) in [5.74, 6) is 0.00116. The minimum Gasteiger partial charge on any atom is -0.399 e. The molecule has 1 amide bonds. The zero-order valence-corrected chi connectivity index (χ0v) is 13.9. The van der Waals surface area contributed by atoms with E-state index < -0.39 is 0 Å². The highest BCUT2D eigenvalue weighted by Gasteiger charge is 2.19. The fraction of sp³-hybridized carbons (Fsp3) is 0.235. The van der Waals surface area contributed by atoms with E-state index in [9.17, 15) is 4.79 Å². The van der Waals surface area contributed by atoms with E-state index in [0.29, 0.717) is 17.8 Å². The van der Waals surface area contributed by atoms with Gasteiger partial charge >= 0.3 is 0 Å². The average molecular weight is 347 g/mol. The number of carbonyl (C=O) groups is 1. The van der Waals surface area contributed by atoms with Gasteiger partial charge in [-0.05, 0) is 49.2 Å². The first kappa shape index (κ1) is 15.6. The Morgan fingerprint density at radius 1 is 1.24 bits per heavy atom. The molecule has 0 saturated carbocycles. The van der Waals surface area contributed by atoms with E-state index in [2.05, 4.69) is 22.9 Å². The molecule has 21 heavy (non-hydrogen) atoms. The number of hydrogen-bond acceptors (Lipinski definition) is 2. The van der Waals surface area contributed by atoms with Gasteiger partial charge in [0, 0.05) is 28.0 Å². The number of nitrogen functional groups attached to an aromatic ring is 1. The molecule has 4 heteroatoms. The fourth-order valence-corrected chi connectivity index (χ4v) is 2.61. The lowest BCUT2D eigenvalue weighted by Gasteiger charge is -2.23. The molecule has 0 aliphatic carbocycles. The van der Waals surface area contributed by atoms with Crippen LogP contribution in [0.2, 0.25) is 0 Å². The molecule has 0 bridgehead atoms. The standard InChI is InChI=1S/C17H19BrN2O/c1-3-10-20(14-7-4-6-13(19)11-14)17(21)15-8-5-9-16(18)12(15)2/h4-9,11H,3,10,19H2,1-2H3. The third kappa shape index (κ3) is 3.45. The summed E-state index contributed by atoms with van der Waals surface area (Å²) in [6.07, 6.45) is 0.883. The summed E-state index contributed by atoms with van der Waals surface area (Å²) in [6, 6.07) is 13.1. The van der Waals surface area contributed by atoms with Crippen LogP contribution in [0.5, 0.6) is 0 Å². The van der Waals surface area contributed by atoms with E-state index >= 15 is 0 Å². The zero-order valence-electron chi connectivity index (χ0n) is 12.3. The number of rotatable bonds is 4. The number of amides is 1. The first-order chi connectivity index (χ1) is 10.0. The lowest BCUT2D eigenvalue weighted by molar-refractivity contribution is 0.0986. The quantitative estimate of drug-likeness (QED) is 0.834. The van der Waals surface area contributed by atoms with Crippen molar-refractivity contribution in [1.29, 1.82) is 0 Å². The molecule has 2 rings (SSSR count). The van der Waals surface area contributed by atoms with Gasteiger partial charge in [-0.25, -0.2) is 0 Å². The number of halogens is 1. The molecule has 2 N–H and O–H groups in total. The predicted octanol–water partition coefficient (Wildman–Crippen LogP) is 4.40. The molecule has 0 radical (unpaired) electrons. The number of anilines is 2. The lowest BCUT2D eigenvalue weighted by atomic mass is 10.1. The van der Waals surface area contributed by atoms with E-state index in [1.165, 1.54) is 0 Å². The molecule has 2 aromatic carbocycles. The summed E-state index contributed by atoms with van der Waals surface area (Å²) in [5, 5.41) is 0. The number of nitrogens with two attached hydrogens (primary N) is 1. The normalized spacial score (nSPS) is 10.4. The van der Waals surface area contributed by atoms with Crippen LogP contribution in [0.3, 0.4) is 0 Å². The maximum Gasteiger partial charge on any atom is 0.258 e. The van der Waals surface area contributed by atoms with E-state index in [1.807, 2.05) is 49.4 Å². The second-order valence-corrected chi connectivity index (χ2v) is 5.82. The Kier molecular flexibility index (Phi) is 5.02. The topological polar surface area (TPSA) is 46.3 Å². The molecule has 110 valence electrons. The van der Waals surface area contributed by atoms with Crippen molar-refractivity contribution in [1.82, 2.24) is 0 Å². The second kappa shape index (κ2) is 6.76. The maximum atomic E-state index is 12.9. The predicted molar refractivity (Wildman–Crippen MR) is 91.7 cm³/mol. The molecule has 0 saturated heterocycles. The van der Waals surface area contributed by atoms with Gasteiger partial charge < -0.3 is 10.6 Å². The van der Waals surface area contributed by atoms with Crippen LogP contribution < -0.4 is 10.6 Å². The molecule has 2 aromatic rings. The molecule has 0 fully saturated rings. The van der Waals surface area contributed by atoms with Crippen LogP contribution in [0.4, 0.5) is 11.4 Å². The smallest absolute Gasteiger partial charge is 0.258 e. The first-order valence-electron chi connectivity index (χ1n) is 6.97. The molecule has 0 heterocycles. The van der Waals surface area contributed by atoms with Crippen LogP contribution in [0.25, 0.3) is 0 Å². The van der Waals surface area contributed by atoms with Crippen molar-refractivity contribution in [3.8, 4) is 0 Å². The third-order valence-electron chi connectivity index (χ3n) is 3.37. The number of carbonyl (C=O) groups excluding carboxylic acids is 1. The Balaban J connectivity index is 2.42. The van der Waals surface area contributed by atoms with Gasteiger partial charge in [0.1, 0.15) is 0 Å². The molecule has 0 aliphatic rings. The average Bonchev–Trinajstić information content (AvgIpc) is 2.47. The largest absolute Gasteiger partial charge is 0.399 e. The molecule has 3 nitrogen and oxygen atoms in total. The summed E-state index contributed by atoms with van der Waals surface area (Å²) in [7, 11) is 0. The monoisotopic (exact) mass is 346 g/mol. The lowest BCUT2D eigenvalue weighted by Crippen LogP contribution is -2.32. The van der Waals surface area contributed by atoms with E-state index in [4.69, 9.17) is 5.73 Å².